The summed E-state index contributed by atoms with van der Waals surface area (Å²) in [7, 11) is 2.64. The molecular weight excluding hydrogens is 412 g/mol. The molecule has 10 heteroatoms. The van der Waals surface area contributed by atoms with Crippen LogP contribution in [0.1, 0.15) is 27.5 Å². The van der Waals surface area contributed by atoms with Crippen LogP contribution in [0.4, 0.5) is 11.8 Å². The van der Waals surface area contributed by atoms with E-state index in [0.29, 0.717) is 27.7 Å². The lowest BCUT2D eigenvalue weighted by Gasteiger charge is -2.18. The fraction of sp³-hybridized carbons (Fsp3) is 0.182. The van der Waals surface area contributed by atoms with Crippen LogP contribution in [-0.4, -0.2) is 46.1 Å². The molecule has 1 atom stereocenters. The van der Waals surface area contributed by atoms with E-state index >= 15 is 0 Å². The lowest BCUT2D eigenvalue weighted by Crippen LogP contribution is -2.18. The third-order valence-corrected chi connectivity index (χ3v) is 5.14. The monoisotopic (exact) mass is 432 g/mol. The van der Waals surface area contributed by atoms with Crippen molar-refractivity contribution < 1.29 is 19.1 Å². The molecule has 0 radical (unpaired) electrons. The molecule has 2 aromatic carbocycles. The fourth-order valence-electron chi connectivity index (χ4n) is 3.67. The maximum Gasteiger partial charge on any atom is 0.338 e. The number of rotatable bonds is 5. The molecule has 4 aromatic rings. The van der Waals surface area contributed by atoms with Crippen molar-refractivity contribution in [1.29, 1.82) is 0 Å². The number of aromatic nitrogens is 4. The molecule has 0 aliphatic rings. The number of nitrogens with zero attached hydrogens (tertiary/aromatic N) is 4. The lowest BCUT2D eigenvalue weighted by atomic mass is 9.88. The summed E-state index contributed by atoms with van der Waals surface area (Å²) in [4.78, 5) is 41.7. The van der Waals surface area contributed by atoms with E-state index in [-0.39, 0.29) is 23.8 Å². The smallest absolute Gasteiger partial charge is 0.338 e. The first-order valence-electron chi connectivity index (χ1n) is 9.65. The molecule has 0 aliphatic heterocycles. The van der Waals surface area contributed by atoms with Crippen molar-refractivity contribution in [3.63, 3.8) is 0 Å². The molecule has 0 amide bonds. The fourth-order valence-corrected chi connectivity index (χ4v) is 3.67. The van der Waals surface area contributed by atoms with Crippen LogP contribution in [0, 0.1) is 0 Å². The molecule has 0 saturated heterocycles. The Labute approximate surface area is 182 Å². The molecule has 0 saturated carbocycles. The summed E-state index contributed by atoms with van der Waals surface area (Å²) in [5, 5.41) is 1.40. The molecular formula is C22H20N6O4. The number of ether oxygens (including phenoxy) is 2. The van der Waals surface area contributed by atoms with E-state index < -0.39 is 17.9 Å². The zero-order valence-corrected chi connectivity index (χ0v) is 17.4. The van der Waals surface area contributed by atoms with Crippen molar-refractivity contribution in [2.45, 2.75) is 12.3 Å². The summed E-state index contributed by atoms with van der Waals surface area (Å²) in [6.07, 6.45) is 1.69. The zero-order valence-electron chi connectivity index (χ0n) is 17.4. The molecule has 4 N–H and O–H groups in total. The Morgan fingerprint density at radius 1 is 0.969 bits per heavy atom. The normalized spacial score (nSPS) is 11.9. The van der Waals surface area contributed by atoms with Gasteiger partial charge in [-0.05, 0) is 22.4 Å². The van der Waals surface area contributed by atoms with Crippen LogP contribution in [-0.2, 0) is 20.7 Å². The number of hydrogen-bond donors (Lipinski definition) is 2. The predicted molar refractivity (Wildman–Crippen MR) is 118 cm³/mol. The van der Waals surface area contributed by atoms with Gasteiger partial charge in [0.1, 0.15) is 0 Å². The molecule has 10 nitrogen and oxygen atoms in total. The first-order valence-corrected chi connectivity index (χ1v) is 9.65. The summed E-state index contributed by atoms with van der Waals surface area (Å²) >= 11 is 0. The summed E-state index contributed by atoms with van der Waals surface area (Å²) in [6, 6.07) is 10.7. The number of benzene rings is 2. The number of hydrogen-bond acceptors (Lipinski definition) is 10. The highest BCUT2D eigenvalue weighted by molar-refractivity contribution is 6.06. The van der Waals surface area contributed by atoms with Gasteiger partial charge in [-0.2, -0.15) is 9.97 Å². The highest BCUT2D eigenvalue weighted by Crippen LogP contribution is 2.32. The first-order chi connectivity index (χ1) is 15.4. The van der Waals surface area contributed by atoms with Crippen molar-refractivity contribution in [2.75, 3.05) is 25.7 Å². The maximum atomic E-state index is 12.8. The van der Waals surface area contributed by atoms with Crippen molar-refractivity contribution in [3.8, 4) is 0 Å². The maximum absolute atomic E-state index is 12.8. The molecule has 0 fully saturated rings. The number of fused-ring (bicyclic) bond motifs is 2. The van der Waals surface area contributed by atoms with Gasteiger partial charge in [-0.3, -0.25) is 4.79 Å². The first kappa shape index (κ1) is 20.9. The number of nitrogen functional groups attached to an aromatic ring is 2. The summed E-state index contributed by atoms with van der Waals surface area (Å²) in [5.74, 6) is -1.52. The Balaban J connectivity index is 1.82. The van der Waals surface area contributed by atoms with E-state index in [9.17, 15) is 9.59 Å². The van der Waals surface area contributed by atoms with Gasteiger partial charge in [0.2, 0.25) is 5.95 Å². The van der Waals surface area contributed by atoms with Crippen LogP contribution < -0.4 is 11.5 Å². The quantitative estimate of drug-likeness (QED) is 0.447. The Morgan fingerprint density at radius 2 is 1.72 bits per heavy atom. The van der Waals surface area contributed by atoms with Crippen molar-refractivity contribution in [3.05, 3.63) is 59.4 Å². The van der Waals surface area contributed by atoms with Crippen molar-refractivity contribution >= 4 is 45.6 Å². The second-order valence-corrected chi connectivity index (χ2v) is 7.02. The van der Waals surface area contributed by atoms with Gasteiger partial charge in [0.25, 0.3) is 0 Å². The van der Waals surface area contributed by atoms with E-state index in [1.165, 1.54) is 20.4 Å². The third-order valence-electron chi connectivity index (χ3n) is 5.14. The number of carbonyl (C=O) groups is 2. The third kappa shape index (κ3) is 3.73. The van der Waals surface area contributed by atoms with Crippen LogP contribution in [0.25, 0.3) is 21.9 Å². The minimum Gasteiger partial charge on any atom is -0.469 e. The van der Waals surface area contributed by atoms with Gasteiger partial charge in [-0.25, -0.2) is 14.8 Å². The minimum absolute atomic E-state index is 0.00153. The van der Waals surface area contributed by atoms with Gasteiger partial charge in [-0.1, -0.05) is 30.3 Å². The van der Waals surface area contributed by atoms with Gasteiger partial charge in [0, 0.05) is 6.42 Å². The van der Waals surface area contributed by atoms with Gasteiger partial charge < -0.3 is 20.9 Å². The van der Waals surface area contributed by atoms with Crippen LogP contribution in [0.2, 0.25) is 0 Å². The Bertz CT molecular complexity index is 1360. The average molecular weight is 432 g/mol. The van der Waals surface area contributed by atoms with Crippen LogP contribution >= 0.6 is 0 Å². The second kappa shape index (κ2) is 8.42. The van der Waals surface area contributed by atoms with Crippen molar-refractivity contribution in [2.24, 2.45) is 0 Å². The molecule has 2 heterocycles. The summed E-state index contributed by atoms with van der Waals surface area (Å²) in [5.41, 5.74) is 13.7. The average Bonchev–Trinajstić information content (AvgIpc) is 2.81. The highest BCUT2D eigenvalue weighted by Gasteiger charge is 2.26. The standard InChI is InChI=1S/C22H20N6O4/c1-31-20(29)15-8-7-14(12-5-3-4-6-13(12)15)16(21(30)32-2)9-11-10-25-19-17(26-11)18(23)27-22(24)28-19/h3-8,10,16H,9H2,1-2H3,(H4,23,24,25,27,28). The molecule has 32 heavy (non-hydrogen) atoms. The van der Waals surface area contributed by atoms with E-state index in [1.54, 1.807) is 18.2 Å². The topological polar surface area (TPSA) is 156 Å². The van der Waals surface area contributed by atoms with E-state index in [2.05, 4.69) is 19.9 Å². The van der Waals surface area contributed by atoms with E-state index in [0.717, 1.165) is 5.39 Å². The van der Waals surface area contributed by atoms with Crippen molar-refractivity contribution in [1.82, 2.24) is 19.9 Å². The molecule has 1 unspecified atom stereocenters. The highest BCUT2D eigenvalue weighted by atomic mass is 16.5. The number of carbonyl (C=O) groups excluding carboxylic acids is 2. The van der Waals surface area contributed by atoms with Gasteiger partial charge >= 0.3 is 11.9 Å². The molecule has 0 spiro atoms. The van der Waals surface area contributed by atoms with Crippen LogP contribution in [0.5, 0.6) is 0 Å². The molecule has 162 valence electrons. The number of anilines is 2. The lowest BCUT2D eigenvalue weighted by molar-refractivity contribution is -0.142. The van der Waals surface area contributed by atoms with E-state index in [4.69, 9.17) is 20.9 Å². The molecule has 0 aliphatic carbocycles. The Kier molecular flexibility index (Phi) is 5.50. The Morgan fingerprint density at radius 3 is 2.44 bits per heavy atom. The zero-order chi connectivity index (χ0) is 22.8. The van der Waals surface area contributed by atoms with Gasteiger partial charge in [0.05, 0.1) is 37.6 Å². The van der Waals surface area contributed by atoms with Crippen LogP contribution in [0.15, 0.2) is 42.6 Å². The summed E-state index contributed by atoms with van der Waals surface area (Å²) < 4.78 is 9.96. The largest absolute Gasteiger partial charge is 0.469 e. The predicted octanol–water partition coefficient (Wildman–Crippen LogP) is 2.02. The molecule has 4 rings (SSSR count). The number of methoxy groups -OCH3 is 2. The second-order valence-electron chi connectivity index (χ2n) is 7.02. The number of esters is 2. The van der Waals surface area contributed by atoms with Gasteiger partial charge in [0.15, 0.2) is 17.0 Å². The van der Waals surface area contributed by atoms with E-state index in [1.807, 2.05) is 18.2 Å². The summed E-state index contributed by atoms with van der Waals surface area (Å²) in [6.45, 7) is 0. The minimum atomic E-state index is -0.709. The molecule has 2 aromatic heterocycles. The SMILES string of the molecule is COC(=O)c1ccc(C(Cc2cnc3nc(N)nc(N)c3n2)C(=O)OC)c2ccccc12. The van der Waals surface area contributed by atoms with Gasteiger partial charge in [-0.15, -0.1) is 0 Å². The number of nitrogens with two attached hydrogens (primary N) is 2. The molecule has 0 bridgehead atoms. The van der Waals surface area contributed by atoms with Crippen LogP contribution in [0.3, 0.4) is 0 Å². The Hall–Kier alpha value is -4.34.